The second-order valence-corrected chi connectivity index (χ2v) is 3.85. The summed E-state index contributed by atoms with van der Waals surface area (Å²) in [4.78, 5) is 0. The van der Waals surface area contributed by atoms with Gasteiger partial charge in [-0.2, -0.15) is 0 Å². The predicted molar refractivity (Wildman–Crippen MR) is 54.7 cm³/mol. The topological polar surface area (TPSA) is 9.23 Å². The molecule has 0 aliphatic carbocycles. The number of hydrogen-bond acceptors (Lipinski definition) is 1. The molecule has 0 aromatic heterocycles. The standard InChI is InChI=1S/C10H15OP/c1-9(2)11-12-8-10-6-4-3-5-7-10/h3-7,9,12H,8H2,1-2H3. The first-order valence-electron chi connectivity index (χ1n) is 4.21. The number of hydrogen-bond donors (Lipinski definition) is 0. The molecule has 0 aliphatic rings. The minimum absolute atomic E-state index is 0.354. The lowest BCUT2D eigenvalue weighted by molar-refractivity contribution is 0.279. The summed E-state index contributed by atoms with van der Waals surface area (Å²) < 4.78 is 5.47. The van der Waals surface area contributed by atoms with Crippen LogP contribution in [0.2, 0.25) is 0 Å². The molecule has 0 bridgehead atoms. The fourth-order valence-corrected chi connectivity index (χ4v) is 1.71. The van der Waals surface area contributed by atoms with Crippen molar-refractivity contribution in [3.05, 3.63) is 35.9 Å². The molecule has 12 heavy (non-hydrogen) atoms. The molecule has 0 saturated carbocycles. The van der Waals surface area contributed by atoms with Crippen molar-refractivity contribution in [2.75, 3.05) is 0 Å². The Morgan fingerprint density at radius 1 is 1.25 bits per heavy atom. The lowest BCUT2D eigenvalue weighted by atomic mass is 10.2. The Kier molecular flexibility index (Phi) is 4.27. The molecule has 66 valence electrons. The maximum atomic E-state index is 5.47. The Morgan fingerprint density at radius 3 is 2.50 bits per heavy atom. The van der Waals surface area contributed by atoms with E-state index in [0.29, 0.717) is 14.9 Å². The molecule has 0 fully saturated rings. The van der Waals surface area contributed by atoms with E-state index in [-0.39, 0.29) is 0 Å². The molecule has 1 aromatic rings. The van der Waals surface area contributed by atoms with Crippen LogP contribution in [0.15, 0.2) is 30.3 Å². The van der Waals surface area contributed by atoms with Crippen LogP contribution < -0.4 is 0 Å². The summed E-state index contributed by atoms with van der Waals surface area (Å²) in [6.07, 6.45) is 1.39. The Bertz CT molecular complexity index is 208. The third-order valence-electron chi connectivity index (χ3n) is 1.44. The average molecular weight is 182 g/mol. The molecule has 0 spiro atoms. The number of rotatable bonds is 4. The van der Waals surface area contributed by atoms with E-state index in [1.54, 1.807) is 0 Å². The third kappa shape index (κ3) is 3.85. The molecule has 1 atom stereocenters. The minimum atomic E-state index is 0.354. The molecular formula is C10H15OP. The van der Waals surface area contributed by atoms with Gasteiger partial charge in [-0.3, -0.25) is 0 Å². The van der Waals surface area contributed by atoms with Crippen LogP contribution in [-0.4, -0.2) is 6.10 Å². The van der Waals surface area contributed by atoms with Gasteiger partial charge in [-0.25, -0.2) is 0 Å². The molecule has 1 aromatic carbocycles. The van der Waals surface area contributed by atoms with Crippen molar-refractivity contribution < 1.29 is 4.52 Å². The van der Waals surface area contributed by atoms with Gasteiger partial charge < -0.3 is 4.52 Å². The zero-order valence-corrected chi connectivity index (χ0v) is 8.58. The number of benzene rings is 1. The Hall–Kier alpha value is -0.390. The largest absolute Gasteiger partial charge is 0.359 e. The third-order valence-corrected chi connectivity index (χ3v) is 2.63. The first kappa shape index (κ1) is 9.70. The van der Waals surface area contributed by atoms with Gasteiger partial charge in [0.2, 0.25) is 0 Å². The highest BCUT2D eigenvalue weighted by molar-refractivity contribution is 7.31. The highest BCUT2D eigenvalue weighted by Crippen LogP contribution is 2.21. The van der Waals surface area contributed by atoms with Crippen molar-refractivity contribution in [2.24, 2.45) is 0 Å². The van der Waals surface area contributed by atoms with Gasteiger partial charge in [0, 0.05) is 15.0 Å². The van der Waals surface area contributed by atoms with Gasteiger partial charge >= 0.3 is 0 Å². The molecule has 0 aliphatic heterocycles. The highest BCUT2D eigenvalue weighted by atomic mass is 31.1. The normalized spacial score (nSPS) is 11.6. The van der Waals surface area contributed by atoms with Crippen molar-refractivity contribution in [1.29, 1.82) is 0 Å². The molecule has 1 rings (SSSR count). The fourth-order valence-electron chi connectivity index (χ4n) is 0.888. The van der Waals surface area contributed by atoms with Crippen LogP contribution in [0, 0.1) is 0 Å². The molecule has 0 amide bonds. The maximum Gasteiger partial charge on any atom is 0.0558 e. The summed E-state index contributed by atoms with van der Waals surface area (Å²) >= 11 is 0. The molecule has 0 radical (unpaired) electrons. The van der Waals surface area contributed by atoms with Crippen LogP contribution >= 0.6 is 8.81 Å². The van der Waals surface area contributed by atoms with Gasteiger partial charge in [-0.1, -0.05) is 30.3 Å². The van der Waals surface area contributed by atoms with Crippen molar-refractivity contribution in [1.82, 2.24) is 0 Å². The van der Waals surface area contributed by atoms with E-state index in [1.807, 2.05) is 6.07 Å². The molecule has 0 saturated heterocycles. The summed E-state index contributed by atoms with van der Waals surface area (Å²) in [6.45, 7) is 4.13. The first-order chi connectivity index (χ1) is 5.79. The van der Waals surface area contributed by atoms with E-state index in [2.05, 4.69) is 38.1 Å². The van der Waals surface area contributed by atoms with Crippen LogP contribution in [0.4, 0.5) is 0 Å². The molecule has 2 heteroatoms. The maximum absolute atomic E-state index is 5.47. The summed E-state index contributed by atoms with van der Waals surface area (Å²) in [6, 6.07) is 10.4. The Balaban J connectivity index is 2.25. The van der Waals surface area contributed by atoms with Gasteiger partial charge in [0.25, 0.3) is 0 Å². The zero-order valence-electron chi connectivity index (χ0n) is 7.58. The van der Waals surface area contributed by atoms with Gasteiger partial charge in [0.1, 0.15) is 0 Å². The van der Waals surface area contributed by atoms with Crippen LogP contribution in [0.3, 0.4) is 0 Å². The Morgan fingerprint density at radius 2 is 1.92 bits per heavy atom. The summed E-state index contributed by atoms with van der Waals surface area (Å²) in [5, 5.41) is 0. The minimum Gasteiger partial charge on any atom is -0.359 e. The van der Waals surface area contributed by atoms with E-state index in [1.165, 1.54) is 5.56 Å². The second-order valence-electron chi connectivity index (χ2n) is 2.97. The van der Waals surface area contributed by atoms with Crippen molar-refractivity contribution in [3.63, 3.8) is 0 Å². The van der Waals surface area contributed by atoms with Gasteiger partial charge in [0.15, 0.2) is 0 Å². The van der Waals surface area contributed by atoms with Crippen LogP contribution in [-0.2, 0) is 10.7 Å². The molecule has 1 unspecified atom stereocenters. The predicted octanol–water partition coefficient (Wildman–Crippen LogP) is 3.21. The molecule has 0 N–H and O–H groups in total. The highest BCUT2D eigenvalue weighted by Gasteiger charge is 1.94. The SMILES string of the molecule is CC(C)OPCc1ccccc1. The lowest BCUT2D eigenvalue weighted by Gasteiger charge is -2.06. The van der Waals surface area contributed by atoms with Gasteiger partial charge in [0.05, 0.1) is 6.10 Å². The molecule has 0 heterocycles. The van der Waals surface area contributed by atoms with E-state index in [9.17, 15) is 0 Å². The fraction of sp³-hybridized carbons (Fsp3) is 0.400. The smallest absolute Gasteiger partial charge is 0.0558 e. The molecule has 1 nitrogen and oxygen atoms in total. The Labute approximate surface area is 76.0 Å². The van der Waals surface area contributed by atoms with Crippen molar-refractivity contribution in [3.8, 4) is 0 Å². The summed E-state index contributed by atoms with van der Waals surface area (Å²) in [5.41, 5.74) is 1.36. The quantitative estimate of drug-likeness (QED) is 0.650. The van der Waals surface area contributed by atoms with Gasteiger partial charge in [-0.15, -0.1) is 0 Å². The van der Waals surface area contributed by atoms with E-state index < -0.39 is 0 Å². The average Bonchev–Trinajstić information content (AvgIpc) is 2.05. The second kappa shape index (κ2) is 5.29. The van der Waals surface area contributed by atoms with Gasteiger partial charge in [-0.05, 0) is 19.4 Å². The van der Waals surface area contributed by atoms with E-state index in [0.717, 1.165) is 6.16 Å². The molecular weight excluding hydrogens is 167 g/mol. The van der Waals surface area contributed by atoms with Crippen LogP contribution in [0.1, 0.15) is 19.4 Å². The van der Waals surface area contributed by atoms with Crippen molar-refractivity contribution in [2.45, 2.75) is 26.1 Å². The first-order valence-corrected chi connectivity index (χ1v) is 5.33. The lowest BCUT2D eigenvalue weighted by Crippen LogP contribution is -1.93. The zero-order chi connectivity index (χ0) is 8.81. The summed E-state index contributed by atoms with van der Waals surface area (Å²) in [7, 11) is 0.590. The summed E-state index contributed by atoms with van der Waals surface area (Å²) in [5.74, 6) is 0. The van der Waals surface area contributed by atoms with E-state index >= 15 is 0 Å². The van der Waals surface area contributed by atoms with Crippen LogP contribution in [0.25, 0.3) is 0 Å². The van der Waals surface area contributed by atoms with Crippen LogP contribution in [0.5, 0.6) is 0 Å². The van der Waals surface area contributed by atoms with Crippen molar-refractivity contribution >= 4 is 8.81 Å². The van der Waals surface area contributed by atoms with E-state index in [4.69, 9.17) is 4.52 Å². The monoisotopic (exact) mass is 182 g/mol.